The molecule has 0 saturated heterocycles. The number of benzene rings is 1. The minimum Gasteiger partial charge on any atom is -0.493 e. The zero-order valence-corrected chi connectivity index (χ0v) is 10.6. The Balaban J connectivity index is 2.83. The van der Waals surface area contributed by atoms with Gasteiger partial charge in [-0.05, 0) is 24.5 Å². The second-order valence-corrected chi connectivity index (χ2v) is 4.42. The third-order valence-corrected chi connectivity index (χ3v) is 2.85. The minimum atomic E-state index is -1.24. The van der Waals surface area contributed by atoms with Crippen LogP contribution >= 0.6 is 11.8 Å². The fourth-order valence-corrected chi connectivity index (χ4v) is 1.72. The summed E-state index contributed by atoms with van der Waals surface area (Å²) in [6.07, 6.45) is 2.76. The standard InChI is InChI=1S/C11H13NO5S/c1-18-6-2-5-17-10-4-3-8(12(15)16)7-9(10)11(13)14/h3-4,7H,2,5-6H2,1H3,(H,13,14). The lowest BCUT2D eigenvalue weighted by molar-refractivity contribution is -0.384. The molecule has 0 unspecified atom stereocenters. The molecule has 0 radical (unpaired) electrons. The lowest BCUT2D eigenvalue weighted by Gasteiger charge is -2.08. The molecule has 0 aliphatic heterocycles. The molecule has 0 atom stereocenters. The van der Waals surface area contributed by atoms with Crippen LogP contribution in [-0.4, -0.2) is 34.6 Å². The summed E-state index contributed by atoms with van der Waals surface area (Å²) in [7, 11) is 0. The molecule has 0 spiro atoms. The number of rotatable bonds is 7. The summed E-state index contributed by atoms with van der Waals surface area (Å²) in [5, 5.41) is 19.5. The Morgan fingerprint density at radius 1 is 1.56 bits per heavy atom. The van der Waals surface area contributed by atoms with Gasteiger partial charge in [0.2, 0.25) is 0 Å². The molecule has 0 aliphatic carbocycles. The van der Waals surface area contributed by atoms with Crippen LogP contribution in [-0.2, 0) is 0 Å². The first-order valence-electron chi connectivity index (χ1n) is 5.19. The molecule has 98 valence electrons. The van der Waals surface area contributed by atoms with Gasteiger partial charge in [0.1, 0.15) is 11.3 Å². The van der Waals surface area contributed by atoms with Crippen molar-refractivity contribution >= 4 is 23.4 Å². The van der Waals surface area contributed by atoms with Crippen molar-refractivity contribution in [2.45, 2.75) is 6.42 Å². The molecule has 0 saturated carbocycles. The van der Waals surface area contributed by atoms with E-state index in [-0.39, 0.29) is 17.0 Å². The molecule has 18 heavy (non-hydrogen) atoms. The van der Waals surface area contributed by atoms with Crippen molar-refractivity contribution in [3.63, 3.8) is 0 Å². The largest absolute Gasteiger partial charge is 0.493 e. The summed E-state index contributed by atoms with van der Waals surface area (Å²) in [5.74, 6) is -0.164. The fraction of sp³-hybridized carbons (Fsp3) is 0.364. The van der Waals surface area contributed by atoms with Crippen molar-refractivity contribution in [2.24, 2.45) is 0 Å². The number of nitro benzene ring substituents is 1. The number of nitro groups is 1. The Morgan fingerprint density at radius 3 is 2.83 bits per heavy atom. The van der Waals surface area contributed by atoms with Gasteiger partial charge < -0.3 is 9.84 Å². The van der Waals surface area contributed by atoms with Crippen molar-refractivity contribution in [1.29, 1.82) is 0 Å². The number of hydrogen-bond donors (Lipinski definition) is 1. The highest BCUT2D eigenvalue weighted by molar-refractivity contribution is 7.98. The third kappa shape index (κ3) is 3.92. The van der Waals surface area contributed by atoms with E-state index in [2.05, 4.69) is 0 Å². The van der Waals surface area contributed by atoms with Gasteiger partial charge in [-0.2, -0.15) is 11.8 Å². The number of nitrogens with zero attached hydrogens (tertiary/aromatic N) is 1. The molecule has 0 heterocycles. The second kappa shape index (κ2) is 6.85. The average Bonchev–Trinajstić information content (AvgIpc) is 2.34. The van der Waals surface area contributed by atoms with Gasteiger partial charge in [-0.15, -0.1) is 0 Å². The monoisotopic (exact) mass is 271 g/mol. The van der Waals surface area contributed by atoms with Crippen LogP contribution in [0.4, 0.5) is 5.69 Å². The Morgan fingerprint density at radius 2 is 2.28 bits per heavy atom. The lowest BCUT2D eigenvalue weighted by atomic mass is 10.2. The maximum Gasteiger partial charge on any atom is 0.339 e. The zero-order valence-electron chi connectivity index (χ0n) is 9.79. The Bertz CT molecular complexity index is 449. The number of ether oxygens (including phenoxy) is 1. The van der Waals surface area contributed by atoms with E-state index in [4.69, 9.17) is 9.84 Å². The SMILES string of the molecule is CSCCCOc1ccc([N+](=O)[O-])cc1C(=O)O. The van der Waals surface area contributed by atoms with Crippen LogP contribution in [0, 0.1) is 10.1 Å². The quantitative estimate of drug-likeness (QED) is 0.465. The molecule has 0 aromatic heterocycles. The van der Waals surface area contributed by atoms with E-state index in [0.29, 0.717) is 6.61 Å². The smallest absolute Gasteiger partial charge is 0.339 e. The van der Waals surface area contributed by atoms with E-state index in [1.807, 2.05) is 6.26 Å². The molecule has 1 aromatic rings. The summed E-state index contributed by atoms with van der Waals surface area (Å²) < 4.78 is 5.32. The summed E-state index contributed by atoms with van der Waals surface area (Å²) in [6, 6.07) is 3.56. The summed E-state index contributed by atoms with van der Waals surface area (Å²) in [6.45, 7) is 0.388. The average molecular weight is 271 g/mol. The molecular weight excluding hydrogens is 258 g/mol. The number of carboxylic acid groups (broad SMARTS) is 1. The molecular formula is C11H13NO5S. The van der Waals surface area contributed by atoms with Crippen LogP contribution in [0.3, 0.4) is 0 Å². The molecule has 1 rings (SSSR count). The molecule has 0 aliphatic rings. The van der Waals surface area contributed by atoms with Gasteiger partial charge in [0.05, 0.1) is 11.5 Å². The van der Waals surface area contributed by atoms with Crippen LogP contribution in [0.25, 0.3) is 0 Å². The topological polar surface area (TPSA) is 89.7 Å². The van der Waals surface area contributed by atoms with Gasteiger partial charge in [0.15, 0.2) is 0 Å². The van der Waals surface area contributed by atoms with Gasteiger partial charge in [0, 0.05) is 12.1 Å². The van der Waals surface area contributed by atoms with Crippen molar-refractivity contribution < 1.29 is 19.6 Å². The normalized spacial score (nSPS) is 10.1. The highest BCUT2D eigenvalue weighted by Crippen LogP contribution is 2.24. The molecule has 7 heteroatoms. The van der Waals surface area contributed by atoms with Gasteiger partial charge in [0.25, 0.3) is 5.69 Å². The fourth-order valence-electron chi connectivity index (χ4n) is 1.31. The van der Waals surface area contributed by atoms with Gasteiger partial charge in [-0.25, -0.2) is 4.79 Å². The number of aromatic carboxylic acids is 1. The first kappa shape index (κ1) is 14.3. The first-order valence-corrected chi connectivity index (χ1v) is 6.59. The van der Waals surface area contributed by atoms with Crippen molar-refractivity contribution in [3.8, 4) is 5.75 Å². The van der Waals surface area contributed by atoms with Crippen molar-refractivity contribution in [3.05, 3.63) is 33.9 Å². The van der Waals surface area contributed by atoms with E-state index in [9.17, 15) is 14.9 Å². The van der Waals surface area contributed by atoms with E-state index in [1.54, 1.807) is 11.8 Å². The lowest BCUT2D eigenvalue weighted by Crippen LogP contribution is -2.06. The first-order chi connectivity index (χ1) is 8.56. The summed E-state index contributed by atoms with van der Waals surface area (Å²) in [4.78, 5) is 20.9. The molecule has 0 bridgehead atoms. The zero-order chi connectivity index (χ0) is 13.5. The minimum absolute atomic E-state index is 0.161. The number of hydrogen-bond acceptors (Lipinski definition) is 5. The predicted octanol–water partition coefficient (Wildman–Crippen LogP) is 2.42. The van der Waals surface area contributed by atoms with Crippen LogP contribution < -0.4 is 4.74 Å². The number of carbonyl (C=O) groups is 1. The van der Waals surface area contributed by atoms with Crippen LogP contribution in [0.1, 0.15) is 16.8 Å². The number of non-ortho nitro benzene ring substituents is 1. The van der Waals surface area contributed by atoms with Gasteiger partial charge >= 0.3 is 5.97 Å². The van der Waals surface area contributed by atoms with Crippen molar-refractivity contribution in [1.82, 2.24) is 0 Å². The van der Waals surface area contributed by atoms with Crippen LogP contribution in [0.5, 0.6) is 5.75 Å². The summed E-state index contributed by atoms with van der Waals surface area (Å²) in [5.41, 5.74) is -0.447. The van der Waals surface area contributed by atoms with Gasteiger partial charge in [-0.3, -0.25) is 10.1 Å². The Labute approximate surface area is 108 Å². The highest BCUT2D eigenvalue weighted by Gasteiger charge is 2.16. The van der Waals surface area contributed by atoms with Crippen molar-refractivity contribution in [2.75, 3.05) is 18.6 Å². The van der Waals surface area contributed by atoms with E-state index in [0.717, 1.165) is 18.2 Å². The molecule has 1 aromatic carbocycles. The van der Waals surface area contributed by atoms with Crippen LogP contribution in [0.2, 0.25) is 0 Å². The predicted molar refractivity (Wildman–Crippen MR) is 68.5 cm³/mol. The second-order valence-electron chi connectivity index (χ2n) is 3.44. The molecule has 0 fully saturated rings. The maximum absolute atomic E-state index is 11.0. The molecule has 0 amide bonds. The summed E-state index contributed by atoms with van der Waals surface area (Å²) >= 11 is 1.67. The Kier molecular flexibility index (Phi) is 5.44. The number of carboxylic acids is 1. The van der Waals surface area contributed by atoms with E-state index in [1.165, 1.54) is 12.1 Å². The molecule has 6 nitrogen and oxygen atoms in total. The van der Waals surface area contributed by atoms with E-state index < -0.39 is 10.9 Å². The van der Waals surface area contributed by atoms with E-state index >= 15 is 0 Å². The maximum atomic E-state index is 11.0. The number of thioether (sulfide) groups is 1. The van der Waals surface area contributed by atoms with Gasteiger partial charge in [-0.1, -0.05) is 0 Å². The highest BCUT2D eigenvalue weighted by atomic mass is 32.2. The Hall–Kier alpha value is -1.76. The third-order valence-electron chi connectivity index (χ3n) is 2.15. The molecule has 1 N–H and O–H groups in total. The van der Waals surface area contributed by atoms with Crippen LogP contribution in [0.15, 0.2) is 18.2 Å².